The van der Waals surface area contributed by atoms with Crippen LogP contribution in [0.3, 0.4) is 0 Å². The molecule has 0 radical (unpaired) electrons. The first-order valence-electron chi connectivity index (χ1n) is 8.52. The van der Waals surface area contributed by atoms with E-state index in [9.17, 15) is 26.4 Å². The number of carbonyl (C=O) groups is 1. The van der Waals surface area contributed by atoms with Gasteiger partial charge in [0.05, 0.1) is 10.5 Å². The molecular formula is C18H18F3N3O3S. The number of hydrogen-bond donors (Lipinski definition) is 2. The van der Waals surface area contributed by atoms with Gasteiger partial charge >= 0.3 is 12.2 Å². The predicted octanol–water partition coefficient (Wildman–Crippen LogP) is 4.13. The first-order chi connectivity index (χ1) is 13.2. The zero-order valence-corrected chi connectivity index (χ0v) is 15.5. The van der Waals surface area contributed by atoms with Gasteiger partial charge in [-0.3, -0.25) is 0 Å². The van der Waals surface area contributed by atoms with Gasteiger partial charge in [-0.25, -0.2) is 13.2 Å². The Morgan fingerprint density at radius 3 is 1.79 bits per heavy atom. The van der Waals surface area contributed by atoms with Crippen molar-refractivity contribution in [3.63, 3.8) is 0 Å². The third-order valence-corrected chi connectivity index (χ3v) is 6.20. The molecule has 0 atom stereocenters. The van der Waals surface area contributed by atoms with E-state index in [0.29, 0.717) is 18.8 Å². The van der Waals surface area contributed by atoms with E-state index in [4.69, 9.17) is 0 Å². The second kappa shape index (κ2) is 7.80. The number of halogens is 3. The highest BCUT2D eigenvalue weighted by atomic mass is 32.2. The van der Waals surface area contributed by atoms with Gasteiger partial charge in [0.1, 0.15) is 0 Å². The lowest BCUT2D eigenvalue weighted by atomic mass is 10.2. The van der Waals surface area contributed by atoms with Crippen molar-refractivity contribution in [1.29, 1.82) is 0 Å². The molecule has 1 fully saturated rings. The molecule has 0 saturated carbocycles. The summed E-state index contributed by atoms with van der Waals surface area (Å²) in [6, 6.07) is 9.09. The monoisotopic (exact) mass is 413 g/mol. The van der Waals surface area contributed by atoms with Gasteiger partial charge in [-0.1, -0.05) is 0 Å². The molecule has 1 aliphatic rings. The largest absolute Gasteiger partial charge is 0.416 e. The molecular weight excluding hydrogens is 395 g/mol. The molecule has 0 aromatic heterocycles. The summed E-state index contributed by atoms with van der Waals surface area (Å²) < 4.78 is 63.9. The number of benzene rings is 2. The highest BCUT2D eigenvalue weighted by Gasteiger charge is 2.30. The van der Waals surface area contributed by atoms with Gasteiger partial charge in [-0.05, 0) is 61.4 Å². The minimum Gasteiger partial charge on any atom is -0.308 e. The zero-order valence-electron chi connectivity index (χ0n) is 14.7. The van der Waals surface area contributed by atoms with Gasteiger partial charge in [0.25, 0.3) is 0 Å². The van der Waals surface area contributed by atoms with E-state index in [1.807, 2.05) is 0 Å². The Kier molecular flexibility index (Phi) is 5.61. The number of carbonyl (C=O) groups excluding carboxylic acids is 1. The standard InChI is InChI=1S/C18H18F3N3O3S/c19-18(20,21)13-3-5-14(6-4-13)22-17(25)23-15-7-9-16(10-8-15)28(26,27)24-11-1-2-12-24/h3-10H,1-2,11-12H2,(H2,22,23,25). The summed E-state index contributed by atoms with van der Waals surface area (Å²) >= 11 is 0. The molecule has 150 valence electrons. The molecule has 2 amide bonds. The van der Waals surface area contributed by atoms with Crippen LogP contribution in [0.4, 0.5) is 29.3 Å². The van der Waals surface area contributed by atoms with Gasteiger partial charge in [-0.2, -0.15) is 17.5 Å². The number of nitrogens with one attached hydrogen (secondary N) is 2. The van der Waals surface area contributed by atoms with Crippen LogP contribution in [0.5, 0.6) is 0 Å². The molecule has 0 spiro atoms. The molecule has 28 heavy (non-hydrogen) atoms. The fourth-order valence-electron chi connectivity index (χ4n) is 2.82. The number of urea groups is 1. The Morgan fingerprint density at radius 2 is 1.32 bits per heavy atom. The number of alkyl halides is 3. The van der Waals surface area contributed by atoms with Crippen LogP contribution < -0.4 is 10.6 Å². The lowest BCUT2D eigenvalue weighted by molar-refractivity contribution is -0.137. The smallest absolute Gasteiger partial charge is 0.308 e. The summed E-state index contributed by atoms with van der Waals surface area (Å²) in [5.41, 5.74) is -0.267. The van der Waals surface area contributed by atoms with E-state index in [1.54, 1.807) is 0 Å². The molecule has 0 aliphatic carbocycles. The second-order valence-corrected chi connectivity index (χ2v) is 8.23. The number of rotatable bonds is 4. The Balaban J connectivity index is 1.61. The summed E-state index contributed by atoms with van der Waals surface area (Å²) in [4.78, 5) is 12.1. The molecule has 1 aliphatic heterocycles. The second-order valence-electron chi connectivity index (χ2n) is 6.29. The van der Waals surface area contributed by atoms with Crippen molar-refractivity contribution < 1.29 is 26.4 Å². The minimum absolute atomic E-state index is 0.142. The van der Waals surface area contributed by atoms with E-state index in [-0.39, 0.29) is 10.6 Å². The Labute approximate surface area is 160 Å². The SMILES string of the molecule is O=C(Nc1ccc(C(F)(F)F)cc1)Nc1ccc(S(=O)(=O)N2CCCC2)cc1. The summed E-state index contributed by atoms with van der Waals surface area (Å²) in [5, 5.41) is 4.92. The summed E-state index contributed by atoms with van der Waals surface area (Å²) in [7, 11) is -3.54. The fraction of sp³-hybridized carbons (Fsp3) is 0.278. The predicted molar refractivity (Wildman–Crippen MR) is 98.5 cm³/mol. The molecule has 10 heteroatoms. The van der Waals surface area contributed by atoms with Gasteiger partial charge in [0, 0.05) is 24.5 Å². The van der Waals surface area contributed by atoms with Crippen LogP contribution >= 0.6 is 0 Å². The molecule has 2 aromatic rings. The van der Waals surface area contributed by atoms with Crippen molar-refractivity contribution in [2.75, 3.05) is 23.7 Å². The van der Waals surface area contributed by atoms with E-state index in [1.165, 1.54) is 28.6 Å². The number of nitrogens with zero attached hydrogens (tertiary/aromatic N) is 1. The van der Waals surface area contributed by atoms with E-state index < -0.39 is 27.8 Å². The summed E-state index contributed by atoms with van der Waals surface area (Å²) in [5.74, 6) is 0. The molecule has 1 heterocycles. The van der Waals surface area contributed by atoms with Crippen LogP contribution in [0.25, 0.3) is 0 Å². The maximum Gasteiger partial charge on any atom is 0.416 e. The van der Waals surface area contributed by atoms with Crippen molar-refractivity contribution in [3.05, 3.63) is 54.1 Å². The highest BCUT2D eigenvalue weighted by molar-refractivity contribution is 7.89. The first kappa shape index (κ1) is 20.2. The van der Waals surface area contributed by atoms with E-state index >= 15 is 0 Å². The Morgan fingerprint density at radius 1 is 0.857 bits per heavy atom. The van der Waals surface area contributed by atoms with Gasteiger partial charge in [-0.15, -0.1) is 0 Å². The van der Waals surface area contributed by atoms with Gasteiger partial charge < -0.3 is 10.6 Å². The molecule has 0 unspecified atom stereocenters. The lowest BCUT2D eigenvalue weighted by Gasteiger charge is -2.15. The third kappa shape index (κ3) is 4.63. The average Bonchev–Trinajstić information content (AvgIpc) is 3.17. The summed E-state index contributed by atoms with van der Waals surface area (Å²) in [6.45, 7) is 0.996. The Hall–Kier alpha value is -2.59. The van der Waals surface area contributed by atoms with Crippen LogP contribution in [0, 0.1) is 0 Å². The van der Waals surface area contributed by atoms with Crippen molar-refractivity contribution in [2.45, 2.75) is 23.9 Å². The summed E-state index contributed by atoms with van der Waals surface area (Å²) in [6.07, 6.45) is -2.77. The quantitative estimate of drug-likeness (QED) is 0.791. The molecule has 0 bridgehead atoms. The molecule has 1 saturated heterocycles. The van der Waals surface area contributed by atoms with E-state index in [2.05, 4.69) is 10.6 Å². The third-order valence-electron chi connectivity index (χ3n) is 4.29. The van der Waals surface area contributed by atoms with Crippen LogP contribution in [0.1, 0.15) is 18.4 Å². The van der Waals surface area contributed by atoms with Gasteiger partial charge in [0.15, 0.2) is 0 Å². The molecule has 6 nitrogen and oxygen atoms in total. The van der Waals surface area contributed by atoms with Crippen LogP contribution in [-0.2, 0) is 16.2 Å². The lowest BCUT2D eigenvalue weighted by Crippen LogP contribution is -2.27. The highest BCUT2D eigenvalue weighted by Crippen LogP contribution is 2.30. The number of anilines is 2. The first-order valence-corrected chi connectivity index (χ1v) is 9.96. The van der Waals surface area contributed by atoms with Crippen molar-refractivity contribution >= 4 is 27.4 Å². The van der Waals surface area contributed by atoms with Crippen molar-refractivity contribution in [1.82, 2.24) is 4.31 Å². The van der Waals surface area contributed by atoms with Crippen LogP contribution in [0.2, 0.25) is 0 Å². The maximum atomic E-state index is 12.5. The molecule has 2 N–H and O–H groups in total. The maximum absolute atomic E-state index is 12.5. The van der Waals surface area contributed by atoms with Crippen molar-refractivity contribution in [2.24, 2.45) is 0 Å². The minimum atomic E-state index is -4.45. The molecule has 2 aromatic carbocycles. The average molecular weight is 413 g/mol. The normalized spacial score (nSPS) is 15.4. The fourth-order valence-corrected chi connectivity index (χ4v) is 4.34. The molecule has 3 rings (SSSR count). The van der Waals surface area contributed by atoms with E-state index in [0.717, 1.165) is 37.1 Å². The Bertz CT molecular complexity index is 937. The number of hydrogen-bond acceptors (Lipinski definition) is 3. The zero-order chi connectivity index (χ0) is 20.4. The van der Waals surface area contributed by atoms with Crippen molar-refractivity contribution in [3.8, 4) is 0 Å². The van der Waals surface area contributed by atoms with Crippen LogP contribution in [-0.4, -0.2) is 31.8 Å². The number of amides is 2. The van der Waals surface area contributed by atoms with Gasteiger partial charge in [0.2, 0.25) is 10.0 Å². The number of sulfonamides is 1. The van der Waals surface area contributed by atoms with Crippen LogP contribution in [0.15, 0.2) is 53.4 Å². The topological polar surface area (TPSA) is 78.5 Å².